The predicted octanol–water partition coefficient (Wildman–Crippen LogP) is 3.57. The summed E-state index contributed by atoms with van der Waals surface area (Å²) in [6, 6.07) is 3.18. The molecule has 1 unspecified atom stereocenters. The highest BCUT2D eigenvalue weighted by Gasteiger charge is 2.36. The van der Waals surface area contributed by atoms with E-state index in [1.807, 2.05) is 6.92 Å². The SMILES string of the molecule is CCN1CCOC(O)(c2cc(Cl)c(Cl)c(Cl)c2)C1.Cl. The Labute approximate surface area is 133 Å². The molecule has 1 saturated heterocycles. The van der Waals surface area contributed by atoms with Gasteiger partial charge in [0, 0.05) is 12.1 Å². The van der Waals surface area contributed by atoms with Gasteiger partial charge in [-0.25, -0.2) is 0 Å². The van der Waals surface area contributed by atoms with Gasteiger partial charge in [-0.05, 0) is 18.7 Å². The van der Waals surface area contributed by atoms with E-state index in [1.165, 1.54) is 0 Å². The number of likely N-dealkylation sites (N-methyl/N-ethyl adjacent to an activating group) is 1. The normalized spacial score (nSPS) is 24.1. The summed E-state index contributed by atoms with van der Waals surface area (Å²) in [5.41, 5.74) is 0.528. The van der Waals surface area contributed by atoms with E-state index in [-0.39, 0.29) is 17.4 Å². The van der Waals surface area contributed by atoms with Crippen molar-refractivity contribution in [2.75, 3.05) is 26.2 Å². The Morgan fingerprint density at radius 1 is 1.32 bits per heavy atom. The summed E-state index contributed by atoms with van der Waals surface area (Å²) in [6.45, 7) is 4.53. The summed E-state index contributed by atoms with van der Waals surface area (Å²) in [5.74, 6) is -1.38. The second-order valence-electron chi connectivity index (χ2n) is 4.26. The summed E-state index contributed by atoms with van der Waals surface area (Å²) in [5, 5.41) is 11.5. The van der Waals surface area contributed by atoms with Crippen LogP contribution in [0.2, 0.25) is 15.1 Å². The fourth-order valence-corrected chi connectivity index (χ4v) is 2.59. The predicted molar refractivity (Wildman–Crippen MR) is 80.7 cm³/mol. The molecule has 108 valence electrons. The molecule has 19 heavy (non-hydrogen) atoms. The van der Waals surface area contributed by atoms with Gasteiger partial charge in [0.15, 0.2) is 0 Å². The Bertz CT molecular complexity index is 434. The van der Waals surface area contributed by atoms with Crippen molar-refractivity contribution in [1.82, 2.24) is 4.90 Å². The lowest BCUT2D eigenvalue weighted by atomic mass is 10.0. The second kappa shape index (κ2) is 6.81. The second-order valence-corrected chi connectivity index (χ2v) is 5.45. The average Bonchev–Trinajstić information content (AvgIpc) is 2.35. The molecule has 1 fully saturated rings. The Morgan fingerprint density at radius 2 is 1.89 bits per heavy atom. The Morgan fingerprint density at radius 3 is 2.42 bits per heavy atom. The molecule has 7 heteroatoms. The van der Waals surface area contributed by atoms with Crippen LogP contribution in [0.4, 0.5) is 0 Å². The molecule has 1 heterocycles. The number of rotatable bonds is 2. The van der Waals surface area contributed by atoms with Crippen molar-refractivity contribution in [2.45, 2.75) is 12.7 Å². The maximum atomic E-state index is 10.6. The summed E-state index contributed by atoms with van der Waals surface area (Å²) in [6.07, 6.45) is 0. The summed E-state index contributed by atoms with van der Waals surface area (Å²) >= 11 is 17.8. The first-order valence-electron chi connectivity index (χ1n) is 5.70. The highest BCUT2D eigenvalue weighted by molar-refractivity contribution is 6.48. The first kappa shape index (κ1) is 17.3. The van der Waals surface area contributed by atoms with Crippen LogP contribution in [-0.4, -0.2) is 36.2 Å². The number of nitrogens with zero attached hydrogens (tertiary/aromatic N) is 1. The molecule has 1 aromatic carbocycles. The van der Waals surface area contributed by atoms with Crippen LogP contribution in [0.3, 0.4) is 0 Å². The zero-order chi connectivity index (χ0) is 13.3. The number of benzene rings is 1. The molecule has 0 aliphatic carbocycles. The van der Waals surface area contributed by atoms with Gasteiger partial charge < -0.3 is 9.84 Å². The summed E-state index contributed by atoms with van der Waals surface area (Å²) in [7, 11) is 0. The van der Waals surface area contributed by atoms with Gasteiger partial charge in [0.2, 0.25) is 5.79 Å². The van der Waals surface area contributed by atoms with Crippen LogP contribution in [0.25, 0.3) is 0 Å². The van der Waals surface area contributed by atoms with Crippen molar-refractivity contribution in [2.24, 2.45) is 0 Å². The molecule has 3 nitrogen and oxygen atoms in total. The number of aliphatic hydroxyl groups is 1. The molecule has 1 aliphatic rings. The zero-order valence-electron chi connectivity index (χ0n) is 10.3. The first-order valence-corrected chi connectivity index (χ1v) is 6.83. The van der Waals surface area contributed by atoms with Crippen molar-refractivity contribution in [3.05, 3.63) is 32.8 Å². The van der Waals surface area contributed by atoms with E-state index in [1.54, 1.807) is 12.1 Å². The standard InChI is InChI=1S/C12H14Cl3NO2.ClH/c1-2-16-3-4-18-12(17,7-16)8-5-9(13)11(15)10(14)6-8;/h5-6,17H,2-4,7H2,1H3;1H. The van der Waals surface area contributed by atoms with Gasteiger partial charge in [-0.2, -0.15) is 0 Å². The van der Waals surface area contributed by atoms with Gasteiger partial charge in [-0.3, -0.25) is 4.90 Å². The van der Waals surface area contributed by atoms with Crippen molar-refractivity contribution in [3.63, 3.8) is 0 Å². The van der Waals surface area contributed by atoms with Crippen molar-refractivity contribution in [3.8, 4) is 0 Å². The first-order chi connectivity index (χ1) is 8.46. The third-order valence-electron chi connectivity index (χ3n) is 3.07. The smallest absolute Gasteiger partial charge is 0.205 e. The number of morpholine rings is 1. The minimum absolute atomic E-state index is 0. The van der Waals surface area contributed by atoms with Crippen molar-refractivity contribution >= 4 is 47.2 Å². The molecule has 0 aromatic heterocycles. The molecule has 1 atom stereocenters. The molecule has 2 rings (SSSR count). The number of hydrogen-bond donors (Lipinski definition) is 1. The number of ether oxygens (including phenoxy) is 1. The lowest BCUT2D eigenvalue weighted by molar-refractivity contribution is -0.247. The van der Waals surface area contributed by atoms with Crippen molar-refractivity contribution in [1.29, 1.82) is 0 Å². The van der Waals surface area contributed by atoms with Crippen LogP contribution >= 0.6 is 47.2 Å². The lowest BCUT2D eigenvalue weighted by Gasteiger charge is -2.39. The fraction of sp³-hybridized carbons (Fsp3) is 0.500. The van der Waals surface area contributed by atoms with E-state index in [2.05, 4.69) is 4.90 Å². The number of halogens is 4. The van der Waals surface area contributed by atoms with Gasteiger partial charge in [0.25, 0.3) is 0 Å². The van der Waals surface area contributed by atoms with E-state index in [0.717, 1.165) is 13.1 Å². The summed E-state index contributed by atoms with van der Waals surface area (Å²) in [4.78, 5) is 2.10. The van der Waals surface area contributed by atoms with Gasteiger partial charge in [0.05, 0.1) is 28.2 Å². The van der Waals surface area contributed by atoms with Gasteiger partial charge >= 0.3 is 0 Å². The molecule has 1 N–H and O–H groups in total. The van der Waals surface area contributed by atoms with Gasteiger partial charge in [-0.15, -0.1) is 12.4 Å². The number of hydrogen-bond acceptors (Lipinski definition) is 3. The van der Waals surface area contributed by atoms with Crippen LogP contribution in [0.15, 0.2) is 12.1 Å². The van der Waals surface area contributed by atoms with Crippen molar-refractivity contribution < 1.29 is 9.84 Å². The van der Waals surface area contributed by atoms with Gasteiger partial charge in [-0.1, -0.05) is 41.7 Å². The quantitative estimate of drug-likeness (QED) is 0.831. The zero-order valence-corrected chi connectivity index (χ0v) is 13.4. The topological polar surface area (TPSA) is 32.7 Å². The minimum atomic E-state index is -1.38. The van der Waals surface area contributed by atoms with Crippen LogP contribution < -0.4 is 0 Å². The van der Waals surface area contributed by atoms with Gasteiger partial charge in [0.1, 0.15) is 0 Å². The molecule has 1 aromatic rings. The number of β-amino-alcohol motifs (C(OH)–C–C–N with tert-alkyl or cyclic N) is 1. The maximum Gasteiger partial charge on any atom is 0.205 e. The fourth-order valence-electron chi connectivity index (χ4n) is 2.00. The third kappa shape index (κ3) is 3.67. The summed E-state index contributed by atoms with van der Waals surface area (Å²) < 4.78 is 5.49. The van der Waals surface area contributed by atoms with E-state index in [4.69, 9.17) is 39.5 Å². The molecular formula is C12H15Cl4NO2. The lowest BCUT2D eigenvalue weighted by Crippen LogP contribution is -2.49. The van der Waals surface area contributed by atoms with E-state index in [0.29, 0.717) is 28.8 Å². The van der Waals surface area contributed by atoms with E-state index in [9.17, 15) is 5.11 Å². The highest BCUT2D eigenvalue weighted by Crippen LogP contribution is 2.36. The van der Waals surface area contributed by atoms with E-state index < -0.39 is 5.79 Å². The third-order valence-corrected chi connectivity index (χ3v) is 4.27. The largest absolute Gasteiger partial charge is 0.361 e. The highest BCUT2D eigenvalue weighted by atomic mass is 35.5. The molecule has 0 bridgehead atoms. The molecule has 0 amide bonds. The molecular weight excluding hydrogens is 332 g/mol. The Balaban J connectivity index is 0.00000180. The van der Waals surface area contributed by atoms with Crippen LogP contribution in [0.5, 0.6) is 0 Å². The average molecular weight is 347 g/mol. The Kier molecular flexibility index (Phi) is 6.21. The maximum absolute atomic E-state index is 10.6. The molecule has 0 spiro atoms. The minimum Gasteiger partial charge on any atom is -0.361 e. The molecule has 1 aliphatic heterocycles. The Hall–Kier alpha value is 0.260. The molecule has 0 radical (unpaired) electrons. The van der Waals surface area contributed by atoms with Crippen LogP contribution in [0, 0.1) is 0 Å². The van der Waals surface area contributed by atoms with Crippen LogP contribution in [-0.2, 0) is 10.5 Å². The monoisotopic (exact) mass is 345 g/mol. The van der Waals surface area contributed by atoms with E-state index >= 15 is 0 Å². The van der Waals surface area contributed by atoms with Crippen LogP contribution in [0.1, 0.15) is 12.5 Å². The molecule has 0 saturated carbocycles.